The normalized spacial score (nSPS) is 10.4. The van der Waals surface area contributed by atoms with E-state index in [4.69, 9.17) is 0 Å². The van der Waals surface area contributed by atoms with Crippen molar-refractivity contribution in [3.63, 3.8) is 0 Å². The second-order valence-electron chi connectivity index (χ2n) is 2.44. The predicted octanol–water partition coefficient (Wildman–Crippen LogP) is 2.50. The molecule has 0 saturated carbocycles. The first kappa shape index (κ1) is 11.6. The quantitative estimate of drug-likeness (QED) is 0.369. The van der Waals surface area contributed by atoms with Gasteiger partial charge in [-0.2, -0.15) is 0 Å². The first-order chi connectivity index (χ1) is 6.97. The highest BCUT2D eigenvalue weighted by Gasteiger charge is 2.27. The first-order valence-corrected chi connectivity index (χ1v) is 4.34. The number of carbonyl (C=O) groups excluding carboxylic acids is 1. The van der Waals surface area contributed by atoms with Gasteiger partial charge in [0.05, 0.1) is 4.92 Å². The Morgan fingerprint density at radius 2 is 2.20 bits per heavy atom. The molecule has 0 bridgehead atoms. The molecule has 0 aromatic carbocycles. The number of hydrogen-bond acceptors (Lipinski definition) is 4. The van der Waals surface area contributed by atoms with Crippen LogP contribution in [0.2, 0.25) is 0 Å². The van der Waals surface area contributed by atoms with Crippen molar-refractivity contribution in [3.05, 3.63) is 32.0 Å². The number of nitro groups is 1. The van der Waals surface area contributed by atoms with Crippen LogP contribution in [-0.4, -0.2) is 16.2 Å². The Bertz CT molecular complexity index is 425. The number of aromatic nitrogens is 1. The SMILES string of the molecule is O=Cc1nc(Br)cc([N+](=O)[O-])c1C(F)F. The van der Waals surface area contributed by atoms with Gasteiger partial charge in [0.25, 0.3) is 12.1 Å². The Hall–Kier alpha value is -1.44. The maximum Gasteiger partial charge on any atom is 0.283 e. The summed E-state index contributed by atoms with van der Waals surface area (Å²) in [7, 11) is 0. The van der Waals surface area contributed by atoms with Gasteiger partial charge in [-0.1, -0.05) is 0 Å². The molecule has 0 radical (unpaired) electrons. The van der Waals surface area contributed by atoms with Crippen molar-refractivity contribution in [2.45, 2.75) is 6.43 Å². The minimum atomic E-state index is -3.12. The summed E-state index contributed by atoms with van der Waals surface area (Å²) >= 11 is 2.79. The van der Waals surface area contributed by atoms with Crippen LogP contribution in [0.5, 0.6) is 0 Å². The third-order valence-corrected chi connectivity index (χ3v) is 1.97. The van der Waals surface area contributed by atoms with Crippen molar-refractivity contribution in [2.24, 2.45) is 0 Å². The Labute approximate surface area is 90.4 Å². The smallest absolute Gasteiger partial charge is 0.283 e. The molecule has 0 spiro atoms. The van der Waals surface area contributed by atoms with Crippen molar-refractivity contribution < 1.29 is 18.5 Å². The zero-order valence-electron chi connectivity index (χ0n) is 6.99. The van der Waals surface area contributed by atoms with Gasteiger partial charge in [0.1, 0.15) is 15.9 Å². The molecule has 0 aliphatic carbocycles. The molecule has 0 amide bonds. The molecule has 80 valence electrons. The molecule has 1 heterocycles. The molecule has 0 N–H and O–H groups in total. The van der Waals surface area contributed by atoms with Crippen LogP contribution in [0.25, 0.3) is 0 Å². The fraction of sp³-hybridized carbons (Fsp3) is 0.143. The summed E-state index contributed by atoms with van der Waals surface area (Å²) in [6.07, 6.45) is -3.06. The number of pyridine rings is 1. The van der Waals surface area contributed by atoms with Crippen LogP contribution in [0, 0.1) is 10.1 Å². The van der Waals surface area contributed by atoms with Crippen LogP contribution in [-0.2, 0) is 0 Å². The summed E-state index contributed by atoms with van der Waals surface area (Å²) in [5, 5.41) is 10.5. The standard InChI is InChI=1S/C7H3BrF2N2O3/c8-5-1-4(12(14)15)6(7(9)10)3(2-13)11-5/h1-2,7H. The number of halogens is 3. The van der Waals surface area contributed by atoms with Crippen LogP contribution in [0.3, 0.4) is 0 Å². The van der Waals surface area contributed by atoms with Crippen molar-refractivity contribution in [1.82, 2.24) is 4.98 Å². The number of hydrogen-bond donors (Lipinski definition) is 0. The minimum Gasteiger partial charge on any atom is -0.296 e. The molecule has 1 aromatic rings. The minimum absolute atomic E-state index is 0.0410. The van der Waals surface area contributed by atoms with Crippen molar-refractivity contribution >= 4 is 27.9 Å². The van der Waals surface area contributed by atoms with Gasteiger partial charge in [-0.15, -0.1) is 0 Å². The molecule has 0 unspecified atom stereocenters. The van der Waals surface area contributed by atoms with Gasteiger partial charge in [0.2, 0.25) is 0 Å². The van der Waals surface area contributed by atoms with E-state index in [1.807, 2.05) is 0 Å². The zero-order chi connectivity index (χ0) is 11.6. The maximum atomic E-state index is 12.4. The second-order valence-corrected chi connectivity index (χ2v) is 3.25. The lowest BCUT2D eigenvalue weighted by molar-refractivity contribution is -0.386. The van der Waals surface area contributed by atoms with E-state index in [0.717, 1.165) is 6.07 Å². The molecule has 1 aromatic heterocycles. The van der Waals surface area contributed by atoms with Gasteiger partial charge in [0, 0.05) is 6.07 Å². The maximum absolute atomic E-state index is 12.4. The molecule has 8 heteroatoms. The van der Waals surface area contributed by atoms with Crippen molar-refractivity contribution in [2.75, 3.05) is 0 Å². The predicted molar refractivity (Wildman–Crippen MR) is 48.9 cm³/mol. The number of alkyl halides is 2. The van der Waals surface area contributed by atoms with E-state index < -0.39 is 28.3 Å². The molecule has 0 atom stereocenters. The fourth-order valence-electron chi connectivity index (χ4n) is 0.994. The van der Waals surface area contributed by atoms with E-state index in [0.29, 0.717) is 0 Å². The van der Waals surface area contributed by atoms with Crippen LogP contribution in [0.1, 0.15) is 22.5 Å². The summed E-state index contributed by atoms with van der Waals surface area (Å²) in [5.41, 5.74) is -2.42. The van der Waals surface area contributed by atoms with Gasteiger partial charge < -0.3 is 0 Å². The van der Waals surface area contributed by atoms with Crippen LogP contribution in [0.15, 0.2) is 10.7 Å². The molecule has 1 rings (SSSR count). The molecule has 0 aliphatic heterocycles. The summed E-state index contributed by atoms with van der Waals surface area (Å²) in [4.78, 5) is 23.3. The summed E-state index contributed by atoms with van der Waals surface area (Å²) in [6.45, 7) is 0. The zero-order valence-corrected chi connectivity index (χ0v) is 8.57. The average molecular weight is 281 g/mol. The highest BCUT2D eigenvalue weighted by atomic mass is 79.9. The van der Waals surface area contributed by atoms with Gasteiger partial charge in [-0.05, 0) is 15.9 Å². The first-order valence-electron chi connectivity index (χ1n) is 3.55. The summed E-state index contributed by atoms with van der Waals surface area (Å²) < 4.78 is 24.9. The summed E-state index contributed by atoms with van der Waals surface area (Å²) in [5.74, 6) is 0. The van der Waals surface area contributed by atoms with E-state index in [1.54, 1.807) is 0 Å². The fourth-order valence-corrected chi connectivity index (χ4v) is 1.40. The topological polar surface area (TPSA) is 73.1 Å². The second kappa shape index (κ2) is 4.39. The third kappa shape index (κ3) is 2.32. The van der Waals surface area contributed by atoms with Crippen molar-refractivity contribution in [1.29, 1.82) is 0 Å². The average Bonchev–Trinajstić information content (AvgIpc) is 2.15. The molecule has 0 aliphatic rings. The lowest BCUT2D eigenvalue weighted by Gasteiger charge is -2.04. The number of rotatable bonds is 3. The summed E-state index contributed by atoms with van der Waals surface area (Å²) in [6, 6.07) is 0.828. The molecular formula is C7H3BrF2N2O3. The van der Waals surface area contributed by atoms with Crippen LogP contribution < -0.4 is 0 Å². The lowest BCUT2D eigenvalue weighted by Crippen LogP contribution is -2.03. The molecule has 0 fully saturated rings. The Kier molecular flexibility index (Phi) is 3.40. The van der Waals surface area contributed by atoms with E-state index >= 15 is 0 Å². The van der Waals surface area contributed by atoms with Gasteiger partial charge in [0.15, 0.2) is 6.29 Å². The Morgan fingerprint density at radius 1 is 1.60 bits per heavy atom. The number of carbonyl (C=O) groups is 1. The monoisotopic (exact) mass is 280 g/mol. The third-order valence-electron chi connectivity index (χ3n) is 1.56. The van der Waals surface area contributed by atoms with Gasteiger partial charge in [-0.3, -0.25) is 14.9 Å². The van der Waals surface area contributed by atoms with Gasteiger partial charge >= 0.3 is 0 Å². The van der Waals surface area contributed by atoms with Crippen molar-refractivity contribution in [3.8, 4) is 0 Å². The van der Waals surface area contributed by atoms with Gasteiger partial charge in [-0.25, -0.2) is 13.8 Å². The highest BCUT2D eigenvalue weighted by Crippen LogP contribution is 2.32. The largest absolute Gasteiger partial charge is 0.296 e. The van der Waals surface area contributed by atoms with Crippen LogP contribution >= 0.6 is 15.9 Å². The molecule has 5 nitrogen and oxygen atoms in total. The van der Waals surface area contributed by atoms with E-state index in [1.165, 1.54) is 0 Å². The number of nitrogens with zero attached hydrogens (tertiary/aromatic N) is 2. The molecule has 0 saturated heterocycles. The lowest BCUT2D eigenvalue weighted by atomic mass is 10.2. The Balaban J connectivity index is 3.54. The number of aldehydes is 1. The Morgan fingerprint density at radius 3 is 2.60 bits per heavy atom. The van der Waals surface area contributed by atoms with E-state index in [-0.39, 0.29) is 10.9 Å². The molecule has 15 heavy (non-hydrogen) atoms. The van der Waals surface area contributed by atoms with E-state index in [9.17, 15) is 23.7 Å². The highest BCUT2D eigenvalue weighted by molar-refractivity contribution is 9.10. The van der Waals surface area contributed by atoms with E-state index in [2.05, 4.69) is 20.9 Å². The molecular weight excluding hydrogens is 278 g/mol. The van der Waals surface area contributed by atoms with Crippen LogP contribution in [0.4, 0.5) is 14.5 Å².